The molecule has 0 radical (unpaired) electrons. The van der Waals surface area contributed by atoms with Gasteiger partial charge in [0.15, 0.2) is 0 Å². The van der Waals surface area contributed by atoms with Gasteiger partial charge in [-0.1, -0.05) is 17.7 Å². The Hall–Kier alpha value is -1.41. The van der Waals surface area contributed by atoms with Crippen LogP contribution in [0.15, 0.2) is 35.4 Å². The Kier molecular flexibility index (Phi) is 4.67. The minimum atomic E-state index is -3.71. The maximum atomic E-state index is 13.0. The van der Waals surface area contributed by atoms with Gasteiger partial charge in [-0.25, -0.2) is 17.5 Å². The number of aromatic nitrogens is 1. The zero-order valence-electron chi connectivity index (χ0n) is 11.2. The van der Waals surface area contributed by atoms with Crippen molar-refractivity contribution in [3.8, 4) is 0 Å². The fourth-order valence-electron chi connectivity index (χ4n) is 1.79. The topological polar surface area (TPSA) is 71.3 Å². The first-order chi connectivity index (χ1) is 9.83. The van der Waals surface area contributed by atoms with Gasteiger partial charge in [-0.05, 0) is 23.8 Å². The predicted molar refractivity (Wildman–Crippen MR) is 76.8 cm³/mol. The van der Waals surface area contributed by atoms with E-state index in [4.69, 9.17) is 16.7 Å². The van der Waals surface area contributed by atoms with Crippen LogP contribution < -0.4 is 4.72 Å². The summed E-state index contributed by atoms with van der Waals surface area (Å²) < 4.78 is 41.2. The van der Waals surface area contributed by atoms with Gasteiger partial charge in [0.05, 0.1) is 16.5 Å². The van der Waals surface area contributed by atoms with Crippen molar-refractivity contribution in [3.63, 3.8) is 0 Å². The largest absolute Gasteiger partial charge is 0.390 e. The molecule has 0 aliphatic rings. The van der Waals surface area contributed by atoms with Crippen molar-refractivity contribution in [3.05, 3.63) is 52.6 Å². The standard InChI is InChI=1S/C13H14ClFN2O3S/c1-17-7-11(5-10(17)8-18)21(19,20)16-6-9-2-3-13(15)12(14)4-9/h2-5,7,16,18H,6,8H2,1H3. The summed E-state index contributed by atoms with van der Waals surface area (Å²) in [5, 5.41) is 9.01. The molecule has 0 bridgehead atoms. The van der Waals surface area contributed by atoms with Crippen molar-refractivity contribution < 1.29 is 17.9 Å². The third kappa shape index (κ3) is 3.62. The molecule has 1 aromatic heterocycles. The van der Waals surface area contributed by atoms with Crippen molar-refractivity contribution in [1.29, 1.82) is 0 Å². The number of benzene rings is 1. The number of hydrogen-bond acceptors (Lipinski definition) is 3. The SMILES string of the molecule is Cn1cc(S(=O)(=O)NCc2ccc(F)c(Cl)c2)cc1CO. The van der Waals surface area contributed by atoms with E-state index < -0.39 is 15.8 Å². The first kappa shape index (κ1) is 16.0. The molecule has 1 heterocycles. The summed E-state index contributed by atoms with van der Waals surface area (Å²) in [5.74, 6) is -0.557. The number of hydrogen-bond donors (Lipinski definition) is 2. The van der Waals surface area contributed by atoms with E-state index in [1.54, 1.807) is 7.05 Å². The summed E-state index contributed by atoms with van der Waals surface area (Å²) in [7, 11) is -2.07. The number of rotatable bonds is 5. The van der Waals surface area contributed by atoms with Gasteiger partial charge in [0.2, 0.25) is 10.0 Å². The number of aliphatic hydroxyl groups excluding tert-OH is 1. The van der Waals surface area contributed by atoms with Crippen molar-refractivity contribution in [2.75, 3.05) is 0 Å². The fourth-order valence-corrected chi connectivity index (χ4v) is 3.11. The molecule has 0 saturated heterocycles. The van der Waals surface area contributed by atoms with Crippen LogP contribution in [0, 0.1) is 5.82 Å². The Bertz CT molecular complexity index is 759. The highest BCUT2D eigenvalue weighted by molar-refractivity contribution is 7.89. The van der Waals surface area contributed by atoms with E-state index in [0.717, 1.165) is 0 Å². The molecule has 2 aromatic rings. The monoisotopic (exact) mass is 332 g/mol. The minimum Gasteiger partial charge on any atom is -0.390 e. The van der Waals surface area contributed by atoms with Crippen LogP contribution in [-0.2, 0) is 30.2 Å². The van der Waals surface area contributed by atoms with Gasteiger partial charge < -0.3 is 9.67 Å². The summed E-state index contributed by atoms with van der Waals surface area (Å²) in [4.78, 5) is 0.0576. The second kappa shape index (κ2) is 6.15. The Morgan fingerprint density at radius 2 is 2.10 bits per heavy atom. The molecule has 114 valence electrons. The van der Waals surface area contributed by atoms with E-state index in [0.29, 0.717) is 11.3 Å². The Labute approximate surface area is 127 Å². The molecule has 0 aliphatic heterocycles. The highest BCUT2D eigenvalue weighted by Gasteiger charge is 2.17. The summed E-state index contributed by atoms with van der Waals surface area (Å²) in [6.07, 6.45) is 1.41. The van der Waals surface area contributed by atoms with Gasteiger partial charge in [0.1, 0.15) is 5.82 Å². The second-order valence-corrected chi connectivity index (χ2v) is 6.68. The molecule has 2 rings (SSSR count). The van der Waals surface area contributed by atoms with Crippen molar-refractivity contribution >= 4 is 21.6 Å². The van der Waals surface area contributed by atoms with Crippen LogP contribution in [0.3, 0.4) is 0 Å². The van der Waals surface area contributed by atoms with Gasteiger partial charge in [-0.3, -0.25) is 0 Å². The number of nitrogens with zero attached hydrogens (tertiary/aromatic N) is 1. The van der Waals surface area contributed by atoms with Crippen LogP contribution >= 0.6 is 11.6 Å². The van der Waals surface area contributed by atoms with Gasteiger partial charge >= 0.3 is 0 Å². The van der Waals surface area contributed by atoms with Crippen LogP contribution in [0.5, 0.6) is 0 Å². The lowest BCUT2D eigenvalue weighted by molar-refractivity contribution is 0.272. The average Bonchev–Trinajstić information content (AvgIpc) is 2.82. The predicted octanol–water partition coefficient (Wildman–Crippen LogP) is 1.79. The lowest BCUT2D eigenvalue weighted by Crippen LogP contribution is -2.22. The lowest BCUT2D eigenvalue weighted by Gasteiger charge is -2.06. The minimum absolute atomic E-state index is 0.00825. The van der Waals surface area contributed by atoms with Crippen LogP contribution in [0.25, 0.3) is 0 Å². The third-order valence-electron chi connectivity index (χ3n) is 3.01. The van der Waals surface area contributed by atoms with E-state index in [-0.39, 0.29) is 23.1 Å². The maximum absolute atomic E-state index is 13.0. The Morgan fingerprint density at radius 3 is 2.67 bits per heavy atom. The van der Waals surface area contributed by atoms with Gasteiger partial charge in [0, 0.05) is 25.5 Å². The molecule has 0 amide bonds. The average molecular weight is 333 g/mol. The first-order valence-electron chi connectivity index (χ1n) is 6.03. The molecule has 0 spiro atoms. The molecule has 5 nitrogen and oxygen atoms in total. The molecule has 0 fully saturated rings. The summed E-state index contributed by atoms with van der Waals surface area (Å²) in [5.41, 5.74) is 1.03. The highest BCUT2D eigenvalue weighted by Crippen LogP contribution is 2.17. The first-order valence-corrected chi connectivity index (χ1v) is 7.89. The molecule has 0 unspecified atom stereocenters. The van der Waals surface area contributed by atoms with Crippen molar-refractivity contribution in [1.82, 2.24) is 9.29 Å². The normalized spacial score (nSPS) is 11.8. The van der Waals surface area contributed by atoms with Gasteiger partial charge in [-0.2, -0.15) is 0 Å². The van der Waals surface area contributed by atoms with E-state index in [1.165, 1.54) is 35.0 Å². The molecule has 1 aromatic carbocycles. The molecule has 2 N–H and O–H groups in total. The molecular weight excluding hydrogens is 319 g/mol. The van der Waals surface area contributed by atoms with Crippen LogP contribution in [0.2, 0.25) is 5.02 Å². The third-order valence-corrected chi connectivity index (χ3v) is 4.66. The van der Waals surface area contributed by atoms with Crippen molar-refractivity contribution in [2.45, 2.75) is 18.0 Å². The quantitative estimate of drug-likeness (QED) is 0.877. The van der Waals surface area contributed by atoms with E-state index in [1.807, 2.05) is 0 Å². The van der Waals surface area contributed by atoms with Gasteiger partial charge in [0.25, 0.3) is 0 Å². The zero-order chi connectivity index (χ0) is 15.6. The molecule has 21 heavy (non-hydrogen) atoms. The Balaban J connectivity index is 2.15. The molecule has 0 saturated carbocycles. The Morgan fingerprint density at radius 1 is 1.38 bits per heavy atom. The van der Waals surface area contributed by atoms with Crippen molar-refractivity contribution in [2.24, 2.45) is 7.05 Å². The summed E-state index contributed by atoms with van der Waals surface area (Å²) in [6, 6.07) is 5.38. The number of nitrogens with one attached hydrogen (secondary N) is 1. The summed E-state index contributed by atoms with van der Waals surface area (Å²) in [6.45, 7) is -0.259. The molecular formula is C13H14ClFN2O3S. The molecule has 8 heteroatoms. The summed E-state index contributed by atoms with van der Waals surface area (Å²) >= 11 is 5.64. The number of aryl methyl sites for hydroxylation is 1. The van der Waals surface area contributed by atoms with Crippen LogP contribution in [-0.4, -0.2) is 18.1 Å². The zero-order valence-corrected chi connectivity index (χ0v) is 12.7. The maximum Gasteiger partial charge on any atom is 0.242 e. The highest BCUT2D eigenvalue weighted by atomic mass is 35.5. The van der Waals surface area contributed by atoms with E-state index in [2.05, 4.69) is 4.72 Å². The van der Waals surface area contributed by atoms with E-state index in [9.17, 15) is 12.8 Å². The van der Waals surface area contributed by atoms with Crippen LogP contribution in [0.1, 0.15) is 11.3 Å². The van der Waals surface area contributed by atoms with Crippen LogP contribution in [0.4, 0.5) is 4.39 Å². The number of halogens is 2. The number of sulfonamides is 1. The molecule has 0 aliphatic carbocycles. The smallest absolute Gasteiger partial charge is 0.242 e. The lowest BCUT2D eigenvalue weighted by atomic mass is 10.2. The second-order valence-electron chi connectivity index (χ2n) is 4.51. The number of aliphatic hydroxyl groups is 1. The van der Waals surface area contributed by atoms with E-state index >= 15 is 0 Å². The molecule has 0 atom stereocenters. The fraction of sp³-hybridized carbons (Fsp3) is 0.231. The van der Waals surface area contributed by atoms with Gasteiger partial charge in [-0.15, -0.1) is 0 Å².